The Balaban J connectivity index is 0.717. The maximum atomic E-state index is 7.34. The van der Waals surface area contributed by atoms with Crippen molar-refractivity contribution in [2.75, 3.05) is 52.9 Å². The van der Waals surface area contributed by atoms with Crippen molar-refractivity contribution in [2.45, 2.75) is 176 Å². The van der Waals surface area contributed by atoms with E-state index in [1.807, 2.05) is 291 Å². The van der Waals surface area contributed by atoms with Crippen molar-refractivity contribution in [3.8, 4) is 0 Å². The molecule has 20 heteroatoms. The summed E-state index contributed by atoms with van der Waals surface area (Å²) in [6.45, 7) is 2.14. The van der Waals surface area contributed by atoms with Gasteiger partial charge in [-0.3, -0.25) is 0 Å². The van der Waals surface area contributed by atoms with Crippen molar-refractivity contribution in [1.82, 2.24) is 0 Å². The molecule has 0 N–H and O–H groups in total. The molecular weight excluding hydrogens is 1470 g/mol. The molecular formula is C96H100O20. The van der Waals surface area contributed by atoms with Crippen LogP contribution < -0.4 is 0 Å². The fourth-order valence-electron chi connectivity index (χ4n) is 16.4. The highest BCUT2D eigenvalue weighted by Gasteiger charge is 2.69. The lowest BCUT2D eigenvalue weighted by atomic mass is 10.0. The van der Waals surface area contributed by atoms with Crippen molar-refractivity contribution >= 4 is 0 Å². The molecule has 604 valence electrons. The van der Waals surface area contributed by atoms with Crippen LogP contribution in [0.25, 0.3) is 0 Å². The normalized spacial score (nSPS) is 29.6. The topological polar surface area (TPSA) is 185 Å². The van der Waals surface area contributed by atoms with Crippen LogP contribution in [0, 0.1) is 0 Å². The maximum Gasteiger partial charge on any atom is 0.222 e. The van der Waals surface area contributed by atoms with E-state index in [1.165, 1.54) is 0 Å². The Kier molecular flexibility index (Phi) is 26.4. The van der Waals surface area contributed by atoms with Crippen LogP contribution in [0.15, 0.2) is 291 Å². The molecule has 10 aliphatic heterocycles. The third kappa shape index (κ3) is 19.1. The summed E-state index contributed by atoms with van der Waals surface area (Å²) in [5, 5.41) is 0. The molecule has 0 radical (unpaired) electrons. The average molecular weight is 1570 g/mol. The molecule has 6 saturated heterocycles. The van der Waals surface area contributed by atoms with Gasteiger partial charge in [-0.2, -0.15) is 0 Å². The van der Waals surface area contributed by atoms with Crippen LogP contribution in [0.2, 0.25) is 0 Å². The fraction of sp³-hybridized carbons (Fsp3) is 0.375. The van der Waals surface area contributed by atoms with Crippen LogP contribution in [0.1, 0.15) is 66.8 Å². The van der Waals surface area contributed by atoms with Crippen LogP contribution in [0.3, 0.4) is 0 Å². The first-order valence-corrected chi connectivity index (χ1v) is 40.3. The standard InChI is InChI=1S/C96H100O20/c1-9-29-69(30-10-1)49-101-85-81-61-97-57-77-45-25-26-46-78(77)58-98-63-83-87(103-51-71-33-13-3-14-34-71)91(107-55-75-41-21-7-22-42-75)95(115-83)67-112-96(68-111-95)92(108-56-76-43-23-8-24-44-76)88(104-52-72-35-15-4-16-36-72)84(116-96)64-100-60-80-48-28-27-47-79(80)59-99-62-82-86(102-50-70-31-11-2-12-32-70)90(106-54-74-39-19-6-20-40-74)94(114-82)66-109-93(113-81,65-110-94)89(85)105-53-73-37-17-5-18-38-73/h1-48,81-92H,49-68H2/t81-,82-,83-,84-,85-,86-,87-,88-,89+,90+,91+,92+,93?,94?,95?,96?/m1/s1. The van der Waals surface area contributed by atoms with E-state index in [-0.39, 0.29) is 132 Å². The van der Waals surface area contributed by atoms with Crippen LogP contribution in [-0.4, -0.2) is 149 Å². The van der Waals surface area contributed by atoms with Gasteiger partial charge >= 0.3 is 0 Å². The molecule has 0 aromatic heterocycles. The predicted octanol–water partition coefficient (Wildman–Crippen LogP) is 14.6. The number of ether oxygens (including phenoxy) is 20. The van der Waals surface area contributed by atoms with Gasteiger partial charge in [0.1, 0.15) is 99.7 Å². The minimum atomic E-state index is -1.56. The first-order chi connectivity index (χ1) is 57.3. The SMILES string of the molecule is c1ccc(CO[C@@H]2[C@H]3COCc4ccccc4COC[C@H]4OC5(COC6(CO5)O[C@H](COCc5ccccc5COC[C@H]5OC7(COC(CO7)(O3)[C@H]2OCc2ccccc2)[C@@H](OCc2ccccc2)[C@@H]5OCc2ccccc2)[C@@H](OCc2ccccc2)[C@@H]6OCc2ccccc2)[C@@H](OCc2ccccc2)[C@@H]4OCc2ccccc2)cc1. The summed E-state index contributed by atoms with van der Waals surface area (Å²) in [5.41, 5.74) is 11.2. The predicted molar refractivity (Wildman–Crippen MR) is 426 cm³/mol. The quantitative estimate of drug-likeness (QED) is 0.0556. The second-order valence-corrected chi connectivity index (χ2v) is 30.5. The first kappa shape index (κ1) is 79.8. The highest BCUT2D eigenvalue weighted by molar-refractivity contribution is 5.29. The summed E-state index contributed by atoms with van der Waals surface area (Å²) in [6, 6.07) is 96.4. The van der Waals surface area contributed by atoms with Gasteiger partial charge in [-0.15, -0.1) is 0 Å². The summed E-state index contributed by atoms with van der Waals surface area (Å²) < 4.78 is 143. The Labute approximate surface area is 677 Å². The zero-order valence-electron chi connectivity index (χ0n) is 64.9. The summed E-state index contributed by atoms with van der Waals surface area (Å²) in [7, 11) is 0. The summed E-state index contributed by atoms with van der Waals surface area (Å²) >= 11 is 0. The number of hydrogen-bond donors (Lipinski definition) is 0. The van der Waals surface area contributed by atoms with Crippen molar-refractivity contribution in [2.24, 2.45) is 0 Å². The van der Waals surface area contributed by atoms with Gasteiger partial charge in [0.2, 0.25) is 23.1 Å². The lowest BCUT2D eigenvalue weighted by Crippen LogP contribution is -2.63. The largest absolute Gasteiger partial charge is 0.374 e. The van der Waals surface area contributed by atoms with E-state index in [4.69, 9.17) is 94.7 Å². The Morgan fingerprint density at radius 3 is 0.543 bits per heavy atom. The van der Waals surface area contributed by atoms with E-state index in [1.54, 1.807) is 0 Å². The Hall–Kier alpha value is -8.60. The molecule has 10 aromatic rings. The summed E-state index contributed by atoms with van der Waals surface area (Å²) in [4.78, 5) is 0. The van der Waals surface area contributed by atoms with E-state index in [0.717, 1.165) is 66.8 Å². The first-order valence-electron chi connectivity index (χ1n) is 40.3. The molecule has 6 fully saturated rings. The van der Waals surface area contributed by atoms with E-state index >= 15 is 0 Å². The van der Waals surface area contributed by atoms with Crippen LogP contribution in [0.5, 0.6) is 0 Å². The van der Waals surface area contributed by atoms with Crippen molar-refractivity contribution in [1.29, 1.82) is 0 Å². The molecule has 0 amide bonds. The molecule has 20 nitrogen and oxygen atoms in total. The smallest absolute Gasteiger partial charge is 0.222 e. The maximum absolute atomic E-state index is 7.34. The van der Waals surface area contributed by atoms with Crippen molar-refractivity contribution < 1.29 is 94.7 Å². The van der Waals surface area contributed by atoms with Crippen LogP contribution in [-0.2, 0) is 174 Å². The second kappa shape index (κ2) is 38.4. The third-order valence-electron chi connectivity index (χ3n) is 22.5. The van der Waals surface area contributed by atoms with Crippen molar-refractivity contribution in [3.63, 3.8) is 0 Å². The lowest BCUT2D eigenvalue weighted by Gasteiger charge is -2.46. The minimum Gasteiger partial charge on any atom is -0.374 e. The van der Waals surface area contributed by atoms with Crippen LogP contribution >= 0.6 is 0 Å². The third-order valence-corrected chi connectivity index (χ3v) is 22.5. The molecule has 4 spiro atoms. The minimum absolute atomic E-state index is 0.0681. The van der Waals surface area contributed by atoms with Gasteiger partial charge in [0.15, 0.2) is 0 Å². The molecule has 8 bridgehead atoms. The van der Waals surface area contributed by atoms with Gasteiger partial charge < -0.3 is 94.7 Å². The van der Waals surface area contributed by atoms with Gasteiger partial charge in [0.25, 0.3) is 0 Å². The monoisotopic (exact) mass is 1570 g/mol. The Morgan fingerprint density at radius 2 is 0.371 bits per heavy atom. The number of rotatable bonds is 24. The fourth-order valence-corrected chi connectivity index (χ4v) is 16.4. The highest BCUT2D eigenvalue weighted by atomic mass is 16.8. The Morgan fingerprint density at radius 1 is 0.207 bits per heavy atom. The van der Waals surface area contributed by atoms with E-state index in [2.05, 4.69) is 0 Å². The molecule has 20 rings (SSSR count). The Bertz CT molecular complexity index is 4020. The van der Waals surface area contributed by atoms with Gasteiger partial charge in [0.05, 0.1) is 106 Å². The number of benzene rings is 10. The molecule has 0 aliphatic carbocycles. The van der Waals surface area contributed by atoms with Crippen molar-refractivity contribution in [3.05, 3.63) is 358 Å². The lowest BCUT2D eigenvalue weighted by molar-refractivity contribution is -0.406. The van der Waals surface area contributed by atoms with Gasteiger partial charge in [-0.25, -0.2) is 0 Å². The summed E-state index contributed by atoms with van der Waals surface area (Å²) in [5.74, 6) is -6.23. The zero-order valence-corrected chi connectivity index (χ0v) is 64.9. The van der Waals surface area contributed by atoms with E-state index < -0.39 is 96.4 Å². The van der Waals surface area contributed by atoms with Gasteiger partial charge in [0, 0.05) is 0 Å². The zero-order chi connectivity index (χ0) is 78.1. The second-order valence-electron chi connectivity index (χ2n) is 30.5. The van der Waals surface area contributed by atoms with E-state index in [9.17, 15) is 0 Å². The molecule has 10 aromatic carbocycles. The number of hydrogen-bond acceptors (Lipinski definition) is 20. The average Bonchev–Trinajstić information content (AvgIpc) is 1.57. The molecule has 4 unspecified atom stereocenters. The molecule has 116 heavy (non-hydrogen) atoms. The van der Waals surface area contributed by atoms with Crippen LogP contribution in [0.4, 0.5) is 0 Å². The summed E-state index contributed by atoms with van der Waals surface area (Å²) in [6.07, 6.45) is -9.44. The molecule has 0 saturated carbocycles. The van der Waals surface area contributed by atoms with Gasteiger partial charge in [-0.05, 0) is 66.8 Å². The van der Waals surface area contributed by atoms with Gasteiger partial charge in [-0.1, -0.05) is 291 Å². The molecule has 16 atom stereocenters. The molecule has 10 heterocycles. The molecule has 10 aliphatic rings. The highest BCUT2D eigenvalue weighted by Crippen LogP contribution is 2.50. The van der Waals surface area contributed by atoms with E-state index in [0.29, 0.717) is 0 Å².